The predicted molar refractivity (Wildman–Crippen MR) is 83.7 cm³/mol. The molecule has 0 amide bonds. The van der Waals surface area contributed by atoms with E-state index >= 15 is 0 Å². The summed E-state index contributed by atoms with van der Waals surface area (Å²) >= 11 is 0. The second-order valence-corrected chi connectivity index (χ2v) is 4.71. The van der Waals surface area contributed by atoms with Gasteiger partial charge in [-0.05, 0) is 42.8 Å². The molecule has 21 heavy (non-hydrogen) atoms. The standard InChI is InChI=1S/C16H21N3O2/c1-18-13(9-12-5-4-8-19-16(12)17)11-6-7-14(20-2)15(10-11)21-3/h4-8,10,13,18H,9H2,1-3H3,(H2,17,19). The largest absolute Gasteiger partial charge is 0.493 e. The first-order valence-electron chi connectivity index (χ1n) is 6.78. The number of nitrogen functional groups attached to an aromatic ring is 1. The topological polar surface area (TPSA) is 69.4 Å². The van der Waals surface area contributed by atoms with Gasteiger partial charge in [0.1, 0.15) is 5.82 Å². The highest BCUT2D eigenvalue weighted by Crippen LogP contribution is 2.31. The van der Waals surface area contributed by atoms with E-state index < -0.39 is 0 Å². The fourth-order valence-electron chi connectivity index (χ4n) is 2.30. The lowest BCUT2D eigenvalue weighted by molar-refractivity contribution is 0.354. The molecule has 112 valence electrons. The molecule has 0 bridgehead atoms. The summed E-state index contributed by atoms with van der Waals surface area (Å²) in [6.07, 6.45) is 2.45. The van der Waals surface area contributed by atoms with E-state index in [0.717, 1.165) is 29.0 Å². The van der Waals surface area contributed by atoms with Gasteiger partial charge in [-0.2, -0.15) is 0 Å². The number of hydrogen-bond donors (Lipinski definition) is 2. The van der Waals surface area contributed by atoms with E-state index in [0.29, 0.717) is 5.82 Å². The number of benzene rings is 1. The molecule has 1 heterocycles. The summed E-state index contributed by atoms with van der Waals surface area (Å²) < 4.78 is 10.6. The number of pyridine rings is 1. The number of nitrogens with two attached hydrogens (primary N) is 1. The summed E-state index contributed by atoms with van der Waals surface area (Å²) in [6.45, 7) is 0. The number of nitrogens with zero attached hydrogens (tertiary/aromatic N) is 1. The highest BCUT2D eigenvalue weighted by Gasteiger charge is 2.14. The molecule has 0 fully saturated rings. The van der Waals surface area contributed by atoms with Crippen molar-refractivity contribution in [3.8, 4) is 11.5 Å². The Kier molecular flexibility index (Phi) is 5.00. The first-order valence-corrected chi connectivity index (χ1v) is 6.78. The van der Waals surface area contributed by atoms with Gasteiger partial charge in [0.15, 0.2) is 11.5 Å². The number of ether oxygens (including phenoxy) is 2. The molecule has 1 unspecified atom stereocenters. The molecule has 0 spiro atoms. The van der Waals surface area contributed by atoms with Crippen LogP contribution in [0.15, 0.2) is 36.5 Å². The molecule has 0 aliphatic rings. The van der Waals surface area contributed by atoms with Crippen LogP contribution >= 0.6 is 0 Å². The Hall–Kier alpha value is -2.27. The van der Waals surface area contributed by atoms with Gasteiger partial charge in [0.05, 0.1) is 14.2 Å². The summed E-state index contributed by atoms with van der Waals surface area (Å²) in [6, 6.07) is 9.92. The highest BCUT2D eigenvalue weighted by atomic mass is 16.5. The maximum atomic E-state index is 5.92. The Balaban J connectivity index is 2.27. The molecule has 1 aromatic carbocycles. The van der Waals surface area contributed by atoms with E-state index in [1.807, 2.05) is 37.4 Å². The van der Waals surface area contributed by atoms with E-state index in [4.69, 9.17) is 15.2 Å². The first kappa shape index (κ1) is 15.1. The minimum atomic E-state index is 0.122. The number of anilines is 1. The first-order chi connectivity index (χ1) is 10.2. The van der Waals surface area contributed by atoms with Crippen LogP contribution in [0.25, 0.3) is 0 Å². The van der Waals surface area contributed by atoms with Gasteiger partial charge in [-0.25, -0.2) is 4.98 Å². The average Bonchev–Trinajstić information content (AvgIpc) is 2.53. The minimum Gasteiger partial charge on any atom is -0.493 e. The summed E-state index contributed by atoms with van der Waals surface area (Å²) in [4.78, 5) is 4.13. The van der Waals surface area contributed by atoms with Crippen molar-refractivity contribution in [2.45, 2.75) is 12.5 Å². The van der Waals surface area contributed by atoms with Crippen LogP contribution in [0.2, 0.25) is 0 Å². The van der Waals surface area contributed by atoms with Crippen molar-refractivity contribution in [1.29, 1.82) is 0 Å². The smallest absolute Gasteiger partial charge is 0.161 e. The molecule has 0 aliphatic heterocycles. The third-order valence-electron chi connectivity index (χ3n) is 3.51. The average molecular weight is 287 g/mol. The molecule has 1 aromatic heterocycles. The van der Waals surface area contributed by atoms with E-state index in [9.17, 15) is 0 Å². The number of likely N-dealkylation sites (N-methyl/N-ethyl adjacent to an activating group) is 1. The van der Waals surface area contributed by atoms with Gasteiger partial charge in [-0.1, -0.05) is 12.1 Å². The van der Waals surface area contributed by atoms with Crippen LogP contribution in [0.5, 0.6) is 11.5 Å². The van der Waals surface area contributed by atoms with Crippen molar-refractivity contribution in [3.05, 3.63) is 47.7 Å². The Morgan fingerprint density at radius 3 is 2.57 bits per heavy atom. The minimum absolute atomic E-state index is 0.122. The van der Waals surface area contributed by atoms with Crippen molar-refractivity contribution in [3.63, 3.8) is 0 Å². The van der Waals surface area contributed by atoms with Gasteiger partial charge < -0.3 is 20.5 Å². The van der Waals surface area contributed by atoms with Crippen molar-refractivity contribution in [1.82, 2.24) is 10.3 Å². The van der Waals surface area contributed by atoms with Crippen LogP contribution in [-0.2, 0) is 6.42 Å². The van der Waals surface area contributed by atoms with Crippen LogP contribution in [0.1, 0.15) is 17.2 Å². The number of nitrogens with one attached hydrogen (secondary N) is 1. The normalized spacial score (nSPS) is 12.0. The lowest BCUT2D eigenvalue weighted by Crippen LogP contribution is -2.19. The Labute approximate surface area is 125 Å². The maximum Gasteiger partial charge on any atom is 0.161 e. The van der Waals surface area contributed by atoms with E-state index in [2.05, 4.69) is 10.3 Å². The monoisotopic (exact) mass is 287 g/mol. The molecule has 0 aliphatic carbocycles. The Bertz CT molecular complexity index is 602. The molecule has 0 radical (unpaired) electrons. The number of rotatable bonds is 6. The molecular formula is C16H21N3O2. The zero-order valence-electron chi connectivity index (χ0n) is 12.6. The fourth-order valence-corrected chi connectivity index (χ4v) is 2.30. The Morgan fingerprint density at radius 1 is 1.19 bits per heavy atom. The SMILES string of the molecule is CNC(Cc1cccnc1N)c1ccc(OC)c(OC)c1. The Morgan fingerprint density at radius 2 is 1.95 bits per heavy atom. The predicted octanol–water partition coefficient (Wildman–Crippen LogP) is 2.18. The second kappa shape index (κ2) is 6.95. The molecule has 0 saturated carbocycles. The van der Waals surface area contributed by atoms with Crippen LogP contribution < -0.4 is 20.5 Å². The number of aromatic nitrogens is 1. The third kappa shape index (κ3) is 3.44. The van der Waals surface area contributed by atoms with E-state index in [1.54, 1.807) is 20.4 Å². The summed E-state index contributed by atoms with van der Waals surface area (Å²) in [7, 11) is 5.19. The zero-order chi connectivity index (χ0) is 15.2. The van der Waals surface area contributed by atoms with Crippen LogP contribution in [-0.4, -0.2) is 26.3 Å². The number of methoxy groups -OCH3 is 2. The summed E-state index contributed by atoms with van der Waals surface area (Å²) in [5, 5.41) is 3.30. The van der Waals surface area contributed by atoms with Crippen LogP contribution in [0.4, 0.5) is 5.82 Å². The fraction of sp³-hybridized carbons (Fsp3) is 0.312. The van der Waals surface area contributed by atoms with E-state index in [1.165, 1.54) is 0 Å². The van der Waals surface area contributed by atoms with Crippen molar-refractivity contribution in [2.75, 3.05) is 27.0 Å². The van der Waals surface area contributed by atoms with Gasteiger partial charge in [0, 0.05) is 12.2 Å². The quantitative estimate of drug-likeness (QED) is 0.852. The zero-order valence-corrected chi connectivity index (χ0v) is 12.6. The second-order valence-electron chi connectivity index (χ2n) is 4.71. The van der Waals surface area contributed by atoms with Gasteiger partial charge in [0.2, 0.25) is 0 Å². The van der Waals surface area contributed by atoms with E-state index in [-0.39, 0.29) is 6.04 Å². The maximum absolute atomic E-state index is 5.92. The van der Waals surface area contributed by atoms with Gasteiger partial charge >= 0.3 is 0 Å². The third-order valence-corrected chi connectivity index (χ3v) is 3.51. The van der Waals surface area contributed by atoms with Crippen molar-refractivity contribution in [2.24, 2.45) is 0 Å². The molecule has 1 atom stereocenters. The van der Waals surface area contributed by atoms with Gasteiger partial charge in [-0.15, -0.1) is 0 Å². The highest BCUT2D eigenvalue weighted by molar-refractivity contribution is 5.45. The molecular weight excluding hydrogens is 266 g/mol. The van der Waals surface area contributed by atoms with Gasteiger partial charge in [-0.3, -0.25) is 0 Å². The lowest BCUT2D eigenvalue weighted by atomic mass is 9.99. The number of hydrogen-bond acceptors (Lipinski definition) is 5. The van der Waals surface area contributed by atoms with Gasteiger partial charge in [0.25, 0.3) is 0 Å². The molecule has 2 aromatic rings. The van der Waals surface area contributed by atoms with Crippen molar-refractivity contribution >= 4 is 5.82 Å². The molecule has 2 rings (SSSR count). The molecule has 3 N–H and O–H groups in total. The summed E-state index contributed by atoms with van der Waals surface area (Å²) in [5.74, 6) is 2.00. The molecule has 5 nitrogen and oxygen atoms in total. The lowest BCUT2D eigenvalue weighted by Gasteiger charge is -2.19. The van der Waals surface area contributed by atoms with Crippen molar-refractivity contribution < 1.29 is 9.47 Å². The van der Waals surface area contributed by atoms with Crippen LogP contribution in [0.3, 0.4) is 0 Å². The molecule has 5 heteroatoms. The molecule has 0 saturated heterocycles. The summed E-state index contributed by atoms with van der Waals surface area (Å²) in [5.41, 5.74) is 8.05. The van der Waals surface area contributed by atoms with Crippen LogP contribution in [0, 0.1) is 0 Å².